The molecular formula is C21H16O2. The van der Waals surface area contributed by atoms with Gasteiger partial charge in [0.15, 0.2) is 0 Å². The minimum absolute atomic E-state index is 0.127. The van der Waals surface area contributed by atoms with E-state index in [4.69, 9.17) is 0 Å². The van der Waals surface area contributed by atoms with Crippen LogP contribution in [0.25, 0.3) is 21.5 Å². The summed E-state index contributed by atoms with van der Waals surface area (Å²) in [5.74, 6) is 0.254. The predicted molar refractivity (Wildman–Crippen MR) is 94.0 cm³/mol. The summed E-state index contributed by atoms with van der Waals surface area (Å²) in [6.45, 7) is 0. The Morgan fingerprint density at radius 1 is 0.565 bits per heavy atom. The van der Waals surface area contributed by atoms with Crippen LogP contribution in [-0.2, 0) is 6.42 Å². The van der Waals surface area contributed by atoms with E-state index in [2.05, 4.69) is 30.3 Å². The third-order valence-electron chi connectivity index (χ3n) is 4.36. The zero-order valence-corrected chi connectivity index (χ0v) is 12.5. The molecule has 0 heterocycles. The van der Waals surface area contributed by atoms with E-state index in [1.807, 2.05) is 24.3 Å². The summed E-state index contributed by atoms with van der Waals surface area (Å²) in [7, 11) is 0. The largest absolute Gasteiger partial charge is 0.508 e. The number of phenols is 2. The van der Waals surface area contributed by atoms with Crippen molar-refractivity contribution in [2.75, 3.05) is 0 Å². The van der Waals surface area contributed by atoms with Crippen molar-refractivity contribution in [2.45, 2.75) is 6.42 Å². The van der Waals surface area contributed by atoms with Crippen molar-refractivity contribution >= 4 is 21.5 Å². The van der Waals surface area contributed by atoms with Crippen LogP contribution in [-0.4, -0.2) is 10.2 Å². The Balaban J connectivity index is 2.03. The fourth-order valence-electron chi connectivity index (χ4n) is 3.22. The molecule has 4 rings (SSSR count). The van der Waals surface area contributed by atoms with E-state index in [-0.39, 0.29) is 11.5 Å². The normalized spacial score (nSPS) is 11.1. The number of rotatable bonds is 2. The molecule has 4 aromatic carbocycles. The molecule has 0 aliphatic rings. The number of fused-ring (bicyclic) bond motifs is 2. The van der Waals surface area contributed by atoms with Crippen molar-refractivity contribution in [3.8, 4) is 11.5 Å². The Kier molecular flexibility index (Phi) is 3.16. The quantitative estimate of drug-likeness (QED) is 0.512. The summed E-state index contributed by atoms with van der Waals surface area (Å²) < 4.78 is 0. The fourth-order valence-corrected chi connectivity index (χ4v) is 3.22. The molecule has 0 unspecified atom stereocenters. The van der Waals surface area contributed by atoms with Gasteiger partial charge in [-0.05, 0) is 45.3 Å². The zero-order valence-electron chi connectivity index (χ0n) is 12.5. The maximum absolute atomic E-state index is 10.1. The molecule has 112 valence electrons. The number of aromatic hydroxyl groups is 2. The maximum Gasteiger partial charge on any atom is 0.122 e. The van der Waals surface area contributed by atoms with Gasteiger partial charge >= 0.3 is 0 Å². The van der Waals surface area contributed by atoms with E-state index in [1.54, 1.807) is 18.2 Å². The summed E-state index contributed by atoms with van der Waals surface area (Å²) in [6, 6.07) is 23.5. The molecule has 0 spiro atoms. The van der Waals surface area contributed by atoms with Gasteiger partial charge in [0.05, 0.1) is 0 Å². The van der Waals surface area contributed by atoms with Crippen molar-refractivity contribution in [2.24, 2.45) is 0 Å². The Morgan fingerprint density at radius 3 is 1.65 bits per heavy atom. The highest BCUT2D eigenvalue weighted by Gasteiger charge is 2.13. The fraction of sp³-hybridized carbons (Fsp3) is 0.0476. The monoisotopic (exact) mass is 300 g/mol. The Morgan fingerprint density at radius 2 is 1.09 bits per heavy atom. The van der Waals surface area contributed by atoms with Gasteiger partial charge in [-0.1, -0.05) is 54.6 Å². The second kappa shape index (κ2) is 5.33. The smallest absolute Gasteiger partial charge is 0.122 e. The van der Waals surface area contributed by atoms with Gasteiger partial charge in [-0.25, -0.2) is 0 Å². The second-order valence-corrected chi connectivity index (χ2v) is 5.75. The molecule has 2 heteroatoms. The van der Waals surface area contributed by atoms with Crippen LogP contribution in [0.15, 0.2) is 72.8 Å². The summed E-state index contributed by atoms with van der Waals surface area (Å²) in [6.07, 6.45) is 0.486. The molecule has 0 aromatic heterocycles. The van der Waals surface area contributed by atoms with Gasteiger partial charge in [0.2, 0.25) is 0 Å². The molecule has 0 atom stereocenters. The minimum Gasteiger partial charge on any atom is -0.508 e. The highest BCUT2D eigenvalue weighted by atomic mass is 16.3. The lowest BCUT2D eigenvalue weighted by Gasteiger charge is -2.13. The average Bonchev–Trinajstić information content (AvgIpc) is 2.57. The number of phenolic OH excluding ortho intramolecular Hbond substituents is 2. The average molecular weight is 300 g/mol. The van der Waals surface area contributed by atoms with Gasteiger partial charge in [0, 0.05) is 12.0 Å². The van der Waals surface area contributed by atoms with Crippen LogP contribution >= 0.6 is 0 Å². The third kappa shape index (κ3) is 2.29. The molecule has 0 aliphatic heterocycles. The van der Waals surface area contributed by atoms with Crippen LogP contribution in [0.3, 0.4) is 0 Å². The first-order valence-electron chi connectivity index (χ1n) is 7.63. The first-order valence-corrected chi connectivity index (χ1v) is 7.63. The highest BCUT2D eigenvalue weighted by molar-refractivity contribution is 6.02. The van der Waals surface area contributed by atoms with Crippen molar-refractivity contribution in [1.29, 1.82) is 0 Å². The standard InChI is InChI=1S/C21H16O2/c22-20-10-5-11-21(23)19(20)13-18-16-8-3-1-6-14(16)12-15-7-2-4-9-17(15)18/h1-12,22-23H,13H2. The molecule has 0 saturated carbocycles. The van der Waals surface area contributed by atoms with E-state index >= 15 is 0 Å². The molecule has 0 radical (unpaired) electrons. The van der Waals surface area contributed by atoms with Gasteiger partial charge in [0.25, 0.3) is 0 Å². The van der Waals surface area contributed by atoms with Gasteiger partial charge < -0.3 is 10.2 Å². The summed E-state index contributed by atoms with van der Waals surface area (Å²) >= 11 is 0. The Hall–Kier alpha value is -3.00. The molecule has 2 nitrogen and oxygen atoms in total. The molecular weight excluding hydrogens is 284 g/mol. The molecule has 0 fully saturated rings. The van der Waals surface area contributed by atoms with Crippen molar-refractivity contribution in [1.82, 2.24) is 0 Å². The van der Waals surface area contributed by atoms with Crippen molar-refractivity contribution in [3.05, 3.63) is 83.9 Å². The van der Waals surface area contributed by atoms with Crippen LogP contribution in [0.2, 0.25) is 0 Å². The molecule has 4 aromatic rings. The number of hydrogen-bond acceptors (Lipinski definition) is 2. The summed E-state index contributed by atoms with van der Waals surface area (Å²) in [5, 5.41) is 24.9. The lowest BCUT2D eigenvalue weighted by atomic mass is 9.92. The van der Waals surface area contributed by atoms with E-state index in [0.29, 0.717) is 12.0 Å². The molecule has 0 bridgehead atoms. The van der Waals surface area contributed by atoms with Crippen molar-refractivity contribution in [3.63, 3.8) is 0 Å². The molecule has 2 N–H and O–H groups in total. The van der Waals surface area contributed by atoms with Crippen LogP contribution in [0.5, 0.6) is 11.5 Å². The Labute approximate surface area is 134 Å². The van der Waals surface area contributed by atoms with E-state index in [1.165, 1.54) is 0 Å². The predicted octanol–water partition coefficient (Wildman–Crippen LogP) is 5.00. The van der Waals surface area contributed by atoms with Gasteiger partial charge in [0.1, 0.15) is 11.5 Å². The number of benzene rings is 4. The van der Waals surface area contributed by atoms with Crippen LogP contribution in [0, 0.1) is 0 Å². The second-order valence-electron chi connectivity index (χ2n) is 5.75. The van der Waals surface area contributed by atoms with Gasteiger partial charge in [-0.3, -0.25) is 0 Å². The molecule has 0 amide bonds. The van der Waals surface area contributed by atoms with Crippen LogP contribution < -0.4 is 0 Å². The summed E-state index contributed by atoms with van der Waals surface area (Å²) in [5.41, 5.74) is 1.68. The lowest BCUT2D eigenvalue weighted by molar-refractivity contribution is 0.440. The summed E-state index contributed by atoms with van der Waals surface area (Å²) in [4.78, 5) is 0. The van der Waals surface area contributed by atoms with E-state index < -0.39 is 0 Å². The number of hydrogen-bond donors (Lipinski definition) is 2. The maximum atomic E-state index is 10.1. The van der Waals surface area contributed by atoms with Crippen LogP contribution in [0.1, 0.15) is 11.1 Å². The van der Waals surface area contributed by atoms with Gasteiger partial charge in [-0.15, -0.1) is 0 Å². The third-order valence-corrected chi connectivity index (χ3v) is 4.36. The topological polar surface area (TPSA) is 40.5 Å². The first kappa shape index (κ1) is 13.6. The molecule has 0 aliphatic carbocycles. The highest BCUT2D eigenvalue weighted by Crippen LogP contribution is 2.35. The molecule has 0 saturated heterocycles. The zero-order chi connectivity index (χ0) is 15.8. The Bertz CT molecular complexity index is 944. The van der Waals surface area contributed by atoms with E-state index in [9.17, 15) is 10.2 Å². The van der Waals surface area contributed by atoms with E-state index in [0.717, 1.165) is 27.1 Å². The van der Waals surface area contributed by atoms with Crippen LogP contribution in [0.4, 0.5) is 0 Å². The lowest BCUT2D eigenvalue weighted by Crippen LogP contribution is -1.94. The van der Waals surface area contributed by atoms with Gasteiger partial charge in [-0.2, -0.15) is 0 Å². The molecule has 23 heavy (non-hydrogen) atoms. The van der Waals surface area contributed by atoms with Crippen molar-refractivity contribution < 1.29 is 10.2 Å². The first-order chi connectivity index (χ1) is 11.2. The minimum atomic E-state index is 0.127. The SMILES string of the molecule is Oc1cccc(O)c1Cc1c2ccccc2cc2ccccc12.